The summed E-state index contributed by atoms with van der Waals surface area (Å²) in [6.07, 6.45) is 0. The molecule has 0 saturated heterocycles. The molecule has 0 bridgehead atoms. The average Bonchev–Trinajstić information content (AvgIpc) is 3.27. The Bertz CT molecular complexity index is 964. The molecule has 0 fully saturated rings. The van der Waals surface area contributed by atoms with Gasteiger partial charge < -0.3 is 15.0 Å². The van der Waals surface area contributed by atoms with E-state index in [2.05, 4.69) is 14.9 Å². The van der Waals surface area contributed by atoms with Gasteiger partial charge in [0.15, 0.2) is 5.69 Å². The Balaban J connectivity index is 1.69. The van der Waals surface area contributed by atoms with E-state index in [1.165, 1.54) is 22.4 Å². The van der Waals surface area contributed by atoms with E-state index in [4.69, 9.17) is 4.74 Å². The first-order chi connectivity index (χ1) is 14.0. The van der Waals surface area contributed by atoms with Gasteiger partial charge in [-0.25, -0.2) is 4.39 Å². The molecule has 0 atom stereocenters. The summed E-state index contributed by atoms with van der Waals surface area (Å²) in [7, 11) is 1.56. The van der Waals surface area contributed by atoms with Crippen LogP contribution in [0.5, 0.6) is 5.75 Å². The molecule has 0 spiro atoms. The summed E-state index contributed by atoms with van der Waals surface area (Å²) in [5, 5.41) is 8.09. The van der Waals surface area contributed by atoms with Crippen LogP contribution in [0.2, 0.25) is 0 Å². The number of halogens is 1. The van der Waals surface area contributed by atoms with Gasteiger partial charge >= 0.3 is 0 Å². The van der Waals surface area contributed by atoms with Gasteiger partial charge in [-0.2, -0.15) is 0 Å². The van der Waals surface area contributed by atoms with Crippen molar-refractivity contribution in [3.63, 3.8) is 0 Å². The second kappa shape index (κ2) is 9.74. The van der Waals surface area contributed by atoms with Crippen LogP contribution in [-0.2, 0) is 17.9 Å². The molecule has 0 aliphatic carbocycles. The first kappa shape index (κ1) is 20.4. The van der Waals surface area contributed by atoms with Crippen LogP contribution in [0.3, 0.4) is 0 Å². The van der Waals surface area contributed by atoms with Crippen LogP contribution in [0.25, 0.3) is 0 Å². The number of methoxy groups -OCH3 is 1. The first-order valence-corrected chi connectivity index (χ1v) is 9.59. The molecule has 2 aromatic carbocycles. The van der Waals surface area contributed by atoms with Crippen LogP contribution in [0.4, 0.5) is 4.39 Å². The second-order valence-corrected chi connectivity index (χ2v) is 6.82. The standard InChI is InChI=1S/C20H19FN4O3S/c1-28-17-4-2-3-15(9-17)11-25(20(27)18-13-29-24-23-18)12-19(26)22-10-14-5-7-16(21)8-6-14/h2-9,13H,10-12H2,1H3,(H,22,26). The van der Waals surface area contributed by atoms with Crippen molar-refractivity contribution in [2.75, 3.05) is 13.7 Å². The first-order valence-electron chi connectivity index (χ1n) is 8.75. The van der Waals surface area contributed by atoms with Crippen molar-refractivity contribution in [1.82, 2.24) is 19.8 Å². The van der Waals surface area contributed by atoms with Crippen molar-refractivity contribution in [1.29, 1.82) is 0 Å². The van der Waals surface area contributed by atoms with Gasteiger partial charge in [0.2, 0.25) is 5.91 Å². The molecule has 0 unspecified atom stereocenters. The molecule has 0 aliphatic heterocycles. The van der Waals surface area contributed by atoms with Gasteiger partial charge in [0.25, 0.3) is 5.91 Å². The number of aromatic nitrogens is 2. The predicted molar refractivity (Wildman–Crippen MR) is 106 cm³/mol. The summed E-state index contributed by atoms with van der Waals surface area (Å²) in [4.78, 5) is 26.6. The fourth-order valence-electron chi connectivity index (χ4n) is 2.64. The minimum atomic E-state index is -0.390. The van der Waals surface area contributed by atoms with Crippen molar-refractivity contribution in [2.45, 2.75) is 13.1 Å². The largest absolute Gasteiger partial charge is 0.497 e. The summed E-state index contributed by atoms with van der Waals surface area (Å²) >= 11 is 1.07. The summed E-state index contributed by atoms with van der Waals surface area (Å²) < 4.78 is 21.9. The molecule has 1 N–H and O–H groups in total. The molecule has 3 rings (SSSR count). The maximum atomic E-state index is 13.0. The van der Waals surface area contributed by atoms with E-state index in [1.807, 2.05) is 12.1 Å². The van der Waals surface area contributed by atoms with Crippen LogP contribution in [0.1, 0.15) is 21.6 Å². The van der Waals surface area contributed by atoms with Crippen LogP contribution in [-0.4, -0.2) is 40.0 Å². The van der Waals surface area contributed by atoms with Crippen LogP contribution >= 0.6 is 11.5 Å². The summed E-state index contributed by atoms with van der Waals surface area (Å²) in [6.45, 7) is 0.283. The number of nitrogens with zero attached hydrogens (tertiary/aromatic N) is 3. The Labute approximate surface area is 171 Å². The molecule has 29 heavy (non-hydrogen) atoms. The van der Waals surface area contributed by atoms with Crippen molar-refractivity contribution < 1.29 is 18.7 Å². The third-order valence-corrected chi connectivity index (χ3v) is 4.62. The molecule has 1 heterocycles. The fourth-order valence-corrected chi connectivity index (χ4v) is 3.07. The number of carbonyl (C=O) groups is 2. The van der Waals surface area contributed by atoms with E-state index in [1.54, 1.807) is 31.4 Å². The van der Waals surface area contributed by atoms with Crippen LogP contribution in [0.15, 0.2) is 53.9 Å². The summed E-state index contributed by atoms with van der Waals surface area (Å²) in [5.74, 6) is -0.412. The zero-order chi connectivity index (χ0) is 20.6. The van der Waals surface area contributed by atoms with Crippen molar-refractivity contribution in [3.8, 4) is 5.75 Å². The number of carbonyl (C=O) groups excluding carboxylic acids is 2. The Morgan fingerprint density at radius 2 is 1.97 bits per heavy atom. The zero-order valence-electron chi connectivity index (χ0n) is 15.7. The Hall–Kier alpha value is -3.33. The normalized spacial score (nSPS) is 10.4. The molecular weight excluding hydrogens is 395 g/mol. The maximum Gasteiger partial charge on any atom is 0.276 e. The maximum absolute atomic E-state index is 13.0. The van der Waals surface area contributed by atoms with E-state index >= 15 is 0 Å². The van der Waals surface area contributed by atoms with Crippen molar-refractivity contribution in [2.24, 2.45) is 0 Å². The molecule has 0 radical (unpaired) electrons. The van der Waals surface area contributed by atoms with E-state index in [-0.39, 0.29) is 37.1 Å². The Kier molecular flexibility index (Phi) is 6.85. The number of hydrogen-bond donors (Lipinski definition) is 1. The highest BCUT2D eigenvalue weighted by molar-refractivity contribution is 7.03. The van der Waals surface area contributed by atoms with E-state index in [9.17, 15) is 14.0 Å². The zero-order valence-corrected chi connectivity index (χ0v) is 16.5. The lowest BCUT2D eigenvalue weighted by molar-refractivity contribution is -0.122. The molecule has 2 amide bonds. The van der Waals surface area contributed by atoms with Crippen molar-refractivity contribution in [3.05, 3.63) is 76.5 Å². The lowest BCUT2D eigenvalue weighted by Gasteiger charge is -2.21. The van der Waals surface area contributed by atoms with E-state index in [0.717, 1.165) is 22.7 Å². The molecule has 150 valence electrons. The van der Waals surface area contributed by atoms with E-state index in [0.29, 0.717) is 5.75 Å². The Morgan fingerprint density at radius 1 is 1.17 bits per heavy atom. The van der Waals surface area contributed by atoms with Crippen LogP contribution in [0, 0.1) is 5.82 Å². The molecule has 0 aliphatic rings. The number of rotatable bonds is 8. The molecule has 3 aromatic rings. The molecule has 9 heteroatoms. The van der Waals surface area contributed by atoms with Gasteiger partial charge in [0.05, 0.1) is 7.11 Å². The third kappa shape index (κ3) is 5.82. The number of benzene rings is 2. The van der Waals surface area contributed by atoms with Gasteiger partial charge in [0, 0.05) is 18.5 Å². The topological polar surface area (TPSA) is 84.4 Å². The molecule has 0 saturated carbocycles. The number of ether oxygens (including phenoxy) is 1. The fraction of sp³-hybridized carbons (Fsp3) is 0.200. The number of hydrogen-bond acceptors (Lipinski definition) is 6. The van der Waals surface area contributed by atoms with E-state index < -0.39 is 5.91 Å². The number of amides is 2. The molecular formula is C20H19FN4O3S. The quantitative estimate of drug-likeness (QED) is 0.613. The lowest BCUT2D eigenvalue weighted by Crippen LogP contribution is -2.40. The van der Waals surface area contributed by atoms with Gasteiger partial charge in [-0.1, -0.05) is 28.8 Å². The van der Waals surface area contributed by atoms with Gasteiger partial charge in [-0.05, 0) is 46.9 Å². The highest BCUT2D eigenvalue weighted by Gasteiger charge is 2.21. The highest BCUT2D eigenvalue weighted by atomic mass is 32.1. The van der Waals surface area contributed by atoms with Crippen LogP contribution < -0.4 is 10.1 Å². The van der Waals surface area contributed by atoms with Gasteiger partial charge in [-0.15, -0.1) is 5.10 Å². The number of nitrogens with one attached hydrogen (secondary N) is 1. The summed E-state index contributed by atoms with van der Waals surface area (Å²) in [5.41, 5.74) is 1.76. The predicted octanol–water partition coefficient (Wildman–Crippen LogP) is 2.64. The third-order valence-electron chi connectivity index (χ3n) is 4.11. The highest BCUT2D eigenvalue weighted by Crippen LogP contribution is 2.16. The SMILES string of the molecule is COc1cccc(CN(CC(=O)NCc2ccc(F)cc2)C(=O)c2csnn2)c1. The Morgan fingerprint density at radius 3 is 2.66 bits per heavy atom. The monoisotopic (exact) mass is 414 g/mol. The molecule has 7 nitrogen and oxygen atoms in total. The minimum Gasteiger partial charge on any atom is -0.497 e. The lowest BCUT2D eigenvalue weighted by atomic mass is 10.2. The second-order valence-electron chi connectivity index (χ2n) is 6.21. The minimum absolute atomic E-state index is 0.158. The molecule has 1 aromatic heterocycles. The summed E-state index contributed by atoms with van der Waals surface area (Å²) in [6, 6.07) is 13.1. The van der Waals surface area contributed by atoms with Gasteiger partial charge in [-0.3, -0.25) is 9.59 Å². The van der Waals surface area contributed by atoms with Gasteiger partial charge in [0.1, 0.15) is 18.1 Å². The smallest absolute Gasteiger partial charge is 0.276 e. The van der Waals surface area contributed by atoms with Crippen molar-refractivity contribution >= 4 is 23.3 Å². The average molecular weight is 414 g/mol.